The Balaban J connectivity index is 2.16. The van der Waals surface area contributed by atoms with Gasteiger partial charge < -0.3 is 15.8 Å². The van der Waals surface area contributed by atoms with Gasteiger partial charge in [-0.05, 0) is 24.5 Å². The van der Waals surface area contributed by atoms with Gasteiger partial charge in [0.1, 0.15) is 6.04 Å². The van der Waals surface area contributed by atoms with E-state index in [1.165, 1.54) is 0 Å². The molecule has 4 heteroatoms. The van der Waals surface area contributed by atoms with Gasteiger partial charge in [-0.1, -0.05) is 37.5 Å². The molecule has 1 heterocycles. The Labute approximate surface area is 118 Å². The summed E-state index contributed by atoms with van der Waals surface area (Å²) in [5, 5.41) is 10.5. The van der Waals surface area contributed by atoms with E-state index in [9.17, 15) is 9.90 Å². The van der Waals surface area contributed by atoms with E-state index in [4.69, 9.17) is 5.73 Å². The molecule has 0 radical (unpaired) electrons. The number of nitrogens with one attached hydrogen (secondary N) is 1. The molecule has 20 heavy (non-hydrogen) atoms. The minimum atomic E-state index is -0.905. The third-order valence-electron chi connectivity index (χ3n) is 4.73. The fourth-order valence-corrected chi connectivity index (χ4v) is 3.65. The van der Waals surface area contributed by atoms with E-state index in [-0.39, 0.29) is 0 Å². The number of H-pyrrole nitrogens is 1. The van der Waals surface area contributed by atoms with E-state index in [2.05, 4.69) is 4.98 Å². The molecule has 1 aliphatic carbocycles. The molecule has 2 aromatic rings. The largest absolute Gasteiger partial charge is 0.480 e. The quantitative estimate of drug-likeness (QED) is 0.803. The number of para-hydroxylation sites is 1. The van der Waals surface area contributed by atoms with Crippen LogP contribution in [0.5, 0.6) is 0 Å². The summed E-state index contributed by atoms with van der Waals surface area (Å²) in [6, 6.07) is 7.19. The van der Waals surface area contributed by atoms with Crippen LogP contribution in [0.1, 0.15) is 37.7 Å². The maximum Gasteiger partial charge on any atom is 0.321 e. The number of nitrogens with two attached hydrogens (primary N) is 1. The van der Waals surface area contributed by atoms with Gasteiger partial charge in [0.25, 0.3) is 0 Å². The zero-order valence-electron chi connectivity index (χ0n) is 11.4. The maximum absolute atomic E-state index is 11.5. The predicted molar refractivity (Wildman–Crippen MR) is 78.7 cm³/mol. The molecule has 0 bridgehead atoms. The number of aromatic amines is 1. The first-order valence-corrected chi connectivity index (χ1v) is 7.20. The van der Waals surface area contributed by atoms with Gasteiger partial charge in [0.05, 0.1) is 0 Å². The van der Waals surface area contributed by atoms with Crippen molar-refractivity contribution in [2.75, 3.05) is 0 Å². The van der Waals surface area contributed by atoms with Crippen LogP contribution in [0.15, 0.2) is 30.5 Å². The Morgan fingerprint density at radius 1 is 1.25 bits per heavy atom. The molecule has 0 amide bonds. The summed E-state index contributed by atoms with van der Waals surface area (Å²) in [5.74, 6) is -0.905. The standard InChI is InChI=1S/C16H20N2O2/c17-14(15(19)20)16(8-4-1-5-9-16)12-10-18-13-7-3-2-6-11(12)13/h2-3,6-7,10,14,18H,1,4-5,8-9,17H2,(H,19,20). The number of fused-ring (bicyclic) bond motifs is 1. The number of carboxylic acid groups (broad SMARTS) is 1. The Bertz CT molecular complexity index is 626. The van der Waals surface area contributed by atoms with Crippen molar-refractivity contribution in [1.29, 1.82) is 0 Å². The van der Waals surface area contributed by atoms with Crippen molar-refractivity contribution in [3.05, 3.63) is 36.0 Å². The van der Waals surface area contributed by atoms with Crippen molar-refractivity contribution in [2.45, 2.75) is 43.6 Å². The second kappa shape index (κ2) is 4.94. The first-order valence-electron chi connectivity index (χ1n) is 7.20. The molecule has 4 N–H and O–H groups in total. The highest BCUT2D eigenvalue weighted by Gasteiger charge is 2.44. The monoisotopic (exact) mass is 272 g/mol. The summed E-state index contributed by atoms with van der Waals surface area (Å²) in [4.78, 5) is 14.8. The summed E-state index contributed by atoms with van der Waals surface area (Å²) in [5.41, 5.74) is 7.77. The van der Waals surface area contributed by atoms with Gasteiger partial charge in [0, 0.05) is 22.5 Å². The normalized spacial score (nSPS) is 19.9. The van der Waals surface area contributed by atoms with Gasteiger partial charge in [0.2, 0.25) is 0 Å². The van der Waals surface area contributed by atoms with Gasteiger partial charge in [0.15, 0.2) is 0 Å². The number of rotatable bonds is 3. The van der Waals surface area contributed by atoms with Gasteiger partial charge in [-0.25, -0.2) is 0 Å². The molecule has 106 valence electrons. The lowest BCUT2D eigenvalue weighted by atomic mass is 9.65. The van der Waals surface area contributed by atoms with E-state index < -0.39 is 17.4 Å². The van der Waals surface area contributed by atoms with Crippen LogP contribution in [-0.2, 0) is 10.2 Å². The zero-order valence-corrected chi connectivity index (χ0v) is 11.4. The number of benzene rings is 1. The first kappa shape index (κ1) is 13.2. The number of hydrogen-bond donors (Lipinski definition) is 3. The molecule has 1 unspecified atom stereocenters. The maximum atomic E-state index is 11.5. The van der Waals surface area contributed by atoms with E-state index in [1.54, 1.807) is 0 Å². The molecule has 3 rings (SSSR count). The molecule has 0 aliphatic heterocycles. The third kappa shape index (κ3) is 1.91. The third-order valence-corrected chi connectivity index (χ3v) is 4.73. The van der Waals surface area contributed by atoms with Crippen molar-refractivity contribution in [3.63, 3.8) is 0 Å². The number of aromatic nitrogens is 1. The van der Waals surface area contributed by atoms with Crippen molar-refractivity contribution < 1.29 is 9.90 Å². The Morgan fingerprint density at radius 2 is 1.95 bits per heavy atom. The summed E-state index contributed by atoms with van der Waals surface area (Å²) in [7, 11) is 0. The molecule has 1 saturated carbocycles. The molecule has 0 spiro atoms. The van der Waals surface area contributed by atoms with Crippen LogP contribution in [0.25, 0.3) is 10.9 Å². The summed E-state index contributed by atoms with van der Waals surface area (Å²) in [6.07, 6.45) is 6.90. The Hall–Kier alpha value is -1.81. The average molecular weight is 272 g/mol. The number of aliphatic carboxylic acids is 1. The second-order valence-electron chi connectivity index (χ2n) is 5.78. The zero-order chi connectivity index (χ0) is 14.2. The first-order chi connectivity index (χ1) is 9.65. The highest BCUT2D eigenvalue weighted by Crippen LogP contribution is 2.44. The number of carboxylic acids is 1. The van der Waals surface area contributed by atoms with Crippen LogP contribution >= 0.6 is 0 Å². The van der Waals surface area contributed by atoms with Crippen LogP contribution in [0.3, 0.4) is 0 Å². The van der Waals surface area contributed by atoms with Crippen molar-refractivity contribution >= 4 is 16.9 Å². The van der Waals surface area contributed by atoms with Gasteiger partial charge in [-0.15, -0.1) is 0 Å². The van der Waals surface area contributed by atoms with E-state index >= 15 is 0 Å². The lowest BCUT2D eigenvalue weighted by molar-refractivity contribution is -0.140. The van der Waals surface area contributed by atoms with Gasteiger partial charge in [-0.2, -0.15) is 0 Å². The lowest BCUT2D eigenvalue weighted by Crippen LogP contribution is -2.51. The second-order valence-corrected chi connectivity index (χ2v) is 5.78. The highest BCUT2D eigenvalue weighted by atomic mass is 16.4. The van der Waals surface area contributed by atoms with Crippen molar-refractivity contribution in [2.24, 2.45) is 5.73 Å². The van der Waals surface area contributed by atoms with Crippen LogP contribution in [0.4, 0.5) is 0 Å². The van der Waals surface area contributed by atoms with E-state index in [0.717, 1.165) is 48.6 Å². The SMILES string of the molecule is NC(C(=O)O)C1(c2c[nH]c3ccccc23)CCCCC1. The minimum absolute atomic E-state index is 0.441. The summed E-state index contributed by atoms with van der Waals surface area (Å²) in [6.45, 7) is 0. The smallest absolute Gasteiger partial charge is 0.321 e. The average Bonchev–Trinajstić information content (AvgIpc) is 2.91. The highest BCUT2D eigenvalue weighted by molar-refractivity contribution is 5.86. The van der Waals surface area contributed by atoms with Crippen molar-refractivity contribution in [1.82, 2.24) is 4.98 Å². The molecule has 1 fully saturated rings. The fraction of sp³-hybridized carbons (Fsp3) is 0.438. The lowest BCUT2D eigenvalue weighted by Gasteiger charge is -2.40. The fourth-order valence-electron chi connectivity index (χ4n) is 3.65. The molecular formula is C16H20N2O2. The van der Waals surface area contributed by atoms with E-state index in [1.807, 2.05) is 30.5 Å². The molecule has 1 aromatic heterocycles. The van der Waals surface area contributed by atoms with Crippen LogP contribution in [-0.4, -0.2) is 22.1 Å². The Morgan fingerprint density at radius 3 is 2.65 bits per heavy atom. The molecule has 1 aliphatic rings. The minimum Gasteiger partial charge on any atom is -0.480 e. The molecule has 4 nitrogen and oxygen atoms in total. The molecular weight excluding hydrogens is 252 g/mol. The summed E-state index contributed by atoms with van der Waals surface area (Å²) >= 11 is 0. The van der Waals surface area contributed by atoms with Crippen molar-refractivity contribution in [3.8, 4) is 0 Å². The molecule has 0 saturated heterocycles. The van der Waals surface area contributed by atoms with Gasteiger partial charge >= 0.3 is 5.97 Å². The van der Waals surface area contributed by atoms with Gasteiger partial charge in [-0.3, -0.25) is 4.79 Å². The van der Waals surface area contributed by atoms with E-state index in [0.29, 0.717) is 0 Å². The van der Waals surface area contributed by atoms with Crippen LogP contribution in [0.2, 0.25) is 0 Å². The number of hydrogen-bond acceptors (Lipinski definition) is 2. The molecule has 1 atom stereocenters. The number of carbonyl (C=O) groups is 1. The Kier molecular flexibility index (Phi) is 3.26. The summed E-state index contributed by atoms with van der Waals surface area (Å²) < 4.78 is 0. The van der Waals surface area contributed by atoms with Crippen LogP contribution in [0, 0.1) is 0 Å². The predicted octanol–water partition coefficient (Wildman–Crippen LogP) is 2.78. The molecule has 1 aromatic carbocycles. The topological polar surface area (TPSA) is 79.1 Å². The van der Waals surface area contributed by atoms with Crippen LogP contribution < -0.4 is 5.73 Å².